The van der Waals surface area contributed by atoms with Crippen LogP contribution in [0, 0.1) is 34.5 Å². The van der Waals surface area contributed by atoms with Crippen LogP contribution in [0.5, 0.6) is 0 Å². The SMILES string of the molecule is CCN1C(=O)C(CNc2cccc(NC(=O)CN3CCSCC3)c2)SC12C(C#N)C2C(=O)NCC#N. The number of carbonyl (C=O) groups is 3. The van der Waals surface area contributed by atoms with E-state index in [1.165, 1.54) is 11.8 Å². The Bertz CT molecular complexity index is 1100. The average molecular weight is 528 g/mol. The molecule has 12 heteroatoms. The molecule has 3 fully saturated rings. The number of thioether (sulfide) groups is 2. The lowest BCUT2D eigenvalue weighted by atomic mass is 10.2. The highest BCUT2D eigenvalue weighted by Gasteiger charge is 2.77. The van der Waals surface area contributed by atoms with Crippen LogP contribution in [-0.2, 0) is 14.4 Å². The minimum absolute atomic E-state index is 0.0573. The molecule has 1 aliphatic carbocycles. The predicted molar refractivity (Wildman–Crippen MR) is 140 cm³/mol. The van der Waals surface area contributed by atoms with Crippen LogP contribution >= 0.6 is 23.5 Å². The molecule has 4 unspecified atom stereocenters. The minimum Gasteiger partial charge on any atom is -0.383 e. The number of nitrogens with zero attached hydrogens (tertiary/aromatic N) is 4. The van der Waals surface area contributed by atoms with Gasteiger partial charge in [0.1, 0.15) is 16.7 Å². The van der Waals surface area contributed by atoms with Crippen molar-refractivity contribution < 1.29 is 14.4 Å². The van der Waals surface area contributed by atoms with Gasteiger partial charge in [-0.1, -0.05) is 6.07 Å². The maximum absolute atomic E-state index is 13.2. The average Bonchev–Trinajstić information content (AvgIpc) is 3.43. The van der Waals surface area contributed by atoms with Crippen molar-refractivity contribution in [2.75, 3.05) is 61.4 Å². The standard InChI is InChI=1S/C24H29N7O3S2/c1-2-31-23(34)19(36-24(31)18(13-26)21(24)22(33)27-7-6-25)14-28-16-4-3-5-17(12-16)29-20(32)15-30-8-10-35-11-9-30/h3-5,12,18-19,21,28H,2,7-11,14-15H2,1H3,(H,27,33)(H,29,32). The van der Waals surface area contributed by atoms with E-state index in [0.29, 0.717) is 25.3 Å². The van der Waals surface area contributed by atoms with Crippen molar-refractivity contribution in [3.05, 3.63) is 24.3 Å². The van der Waals surface area contributed by atoms with Crippen molar-refractivity contribution in [3.63, 3.8) is 0 Å². The summed E-state index contributed by atoms with van der Waals surface area (Å²) in [5.74, 6) is 0.262. The molecule has 190 valence electrons. The fourth-order valence-corrected chi connectivity index (χ4v) is 7.71. The number of anilines is 2. The molecular formula is C24H29N7O3S2. The van der Waals surface area contributed by atoms with E-state index in [1.807, 2.05) is 49.0 Å². The van der Waals surface area contributed by atoms with E-state index in [4.69, 9.17) is 5.26 Å². The van der Waals surface area contributed by atoms with E-state index in [0.717, 1.165) is 30.3 Å². The fourth-order valence-electron chi connectivity index (χ4n) is 4.88. The second-order valence-electron chi connectivity index (χ2n) is 8.80. The Kier molecular flexibility index (Phi) is 8.29. The van der Waals surface area contributed by atoms with Crippen molar-refractivity contribution in [1.29, 1.82) is 10.5 Å². The first kappa shape index (κ1) is 26.1. The second-order valence-corrected chi connectivity index (χ2v) is 11.5. The number of amides is 3. The molecule has 2 aliphatic heterocycles. The van der Waals surface area contributed by atoms with Crippen molar-refractivity contribution >= 4 is 52.6 Å². The number of hydrogen-bond acceptors (Lipinski definition) is 9. The Morgan fingerprint density at radius 2 is 1.97 bits per heavy atom. The van der Waals surface area contributed by atoms with Gasteiger partial charge in [0.05, 0.1) is 30.5 Å². The molecular weight excluding hydrogens is 498 g/mol. The zero-order valence-electron chi connectivity index (χ0n) is 20.0. The van der Waals surface area contributed by atoms with E-state index in [1.54, 1.807) is 4.90 Å². The first-order valence-electron chi connectivity index (χ1n) is 11.9. The summed E-state index contributed by atoms with van der Waals surface area (Å²) in [5.41, 5.74) is 1.44. The lowest BCUT2D eigenvalue weighted by Crippen LogP contribution is -2.40. The molecule has 3 aliphatic rings. The third kappa shape index (κ3) is 5.26. The van der Waals surface area contributed by atoms with Crippen LogP contribution in [0.15, 0.2) is 24.3 Å². The van der Waals surface area contributed by atoms with Gasteiger partial charge >= 0.3 is 0 Å². The molecule has 3 N–H and O–H groups in total. The first-order valence-corrected chi connectivity index (χ1v) is 14.0. The Morgan fingerprint density at radius 1 is 1.22 bits per heavy atom. The highest BCUT2D eigenvalue weighted by Crippen LogP contribution is 2.66. The summed E-state index contributed by atoms with van der Waals surface area (Å²) in [6.45, 7) is 4.59. The van der Waals surface area contributed by atoms with E-state index >= 15 is 0 Å². The number of nitriles is 2. The van der Waals surface area contributed by atoms with Gasteiger partial charge in [-0.2, -0.15) is 22.3 Å². The van der Waals surface area contributed by atoms with Crippen molar-refractivity contribution in [3.8, 4) is 12.1 Å². The van der Waals surface area contributed by atoms with Gasteiger partial charge in [-0.05, 0) is 25.1 Å². The number of hydrogen-bond donors (Lipinski definition) is 3. The zero-order valence-corrected chi connectivity index (χ0v) is 21.7. The van der Waals surface area contributed by atoms with E-state index < -0.39 is 22.0 Å². The number of nitrogens with one attached hydrogen (secondary N) is 3. The van der Waals surface area contributed by atoms with E-state index in [2.05, 4.69) is 26.9 Å². The Labute approximate surface area is 219 Å². The smallest absolute Gasteiger partial charge is 0.238 e. The Balaban J connectivity index is 1.36. The topological polar surface area (TPSA) is 141 Å². The predicted octanol–water partition coefficient (Wildman–Crippen LogP) is 1.16. The molecule has 0 bridgehead atoms. The molecule has 0 radical (unpaired) electrons. The summed E-state index contributed by atoms with van der Waals surface area (Å²) in [4.78, 5) is 41.1. The maximum Gasteiger partial charge on any atom is 0.238 e. The number of carbonyl (C=O) groups excluding carboxylic acids is 3. The molecule has 4 atom stereocenters. The minimum atomic E-state index is -0.894. The third-order valence-electron chi connectivity index (χ3n) is 6.60. The lowest BCUT2D eigenvalue weighted by molar-refractivity contribution is -0.130. The van der Waals surface area contributed by atoms with Crippen molar-refractivity contribution in [2.24, 2.45) is 11.8 Å². The summed E-state index contributed by atoms with van der Waals surface area (Å²) < 4.78 is 0. The normalized spacial score (nSPS) is 27.2. The van der Waals surface area contributed by atoms with Crippen LogP contribution < -0.4 is 16.0 Å². The molecule has 10 nitrogen and oxygen atoms in total. The molecule has 1 saturated carbocycles. The molecule has 2 saturated heterocycles. The quantitative estimate of drug-likeness (QED) is 0.403. The summed E-state index contributed by atoms with van der Waals surface area (Å²) >= 11 is 3.25. The molecule has 1 aromatic rings. The Hall–Kier alpha value is -2.93. The molecule has 2 heterocycles. The third-order valence-corrected chi connectivity index (χ3v) is 9.30. The molecule has 36 heavy (non-hydrogen) atoms. The van der Waals surface area contributed by atoms with Crippen LogP contribution in [0.25, 0.3) is 0 Å². The second kappa shape index (κ2) is 11.4. The molecule has 1 spiro atoms. The number of rotatable bonds is 9. The highest BCUT2D eigenvalue weighted by molar-refractivity contribution is 8.02. The lowest BCUT2D eigenvalue weighted by Gasteiger charge is -2.25. The van der Waals surface area contributed by atoms with Gasteiger partial charge in [-0.15, -0.1) is 11.8 Å². The van der Waals surface area contributed by atoms with Crippen LogP contribution in [0.1, 0.15) is 6.92 Å². The van der Waals surface area contributed by atoms with E-state index in [9.17, 15) is 19.6 Å². The molecule has 3 amide bonds. The van der Waals surface area contributed by atoms with E-state index in [-0.39, 0.29) is 24.3 Å². The summed E-state index contributed by atoms with van der Waals surface area (Å²) in [6, 6.07) is 11.4. The molecule has 4 rings (SSSR count). The fraction of sp³-hybridized carbons (Fsp3) is 0.542. The van der Waals surface area contributed by atoms with Gasteiger partial charge in [0.2, 0.25) is 17.7 Å². The zero-order chi connectivity index (χ0) is 25.7. The van der Waals surface area contributed by atoms with Gasteiger partial charge in [0.15, 0.2) is 0 Å². The Morgan fingerprint density at radius 3 is 2.67 bits per heavy atom. The first-order chi connectivity index (χ1) is 17.4. The van der Waals surface area contributed by atoms with Gasteiger partial charge in [0.25, 0.3) is 0 Å². The summed E-state index contributed by atoms with van der Waals surface area (Å²) in [7, 11) is 0. The van der Waals surface area contributed by atoms with Crippen LogP contribution in [0.2, 0.25) is 0 Å². The molecule has 0 aromatic heterocycles. The van der Waals surface area contributed by atoms with Gasteiger partial charge in [0, 0.05) is 49.1 Å². The van der Waals surface area contributed by atoms with Crippen LogP contribution in [0.3, 0.4) is 0 Å². The summed E-state index contributed by atoms with van der Waals surface area (Å²) in [6.07, 6.45) is 0. The van der Waals surface area contributed by atoms with Gasteiger partial charge in [-0.3, -0.25) is 19.3 Å². The largest absolute Gasteiger partial charge is 0.383 e. The van der Waals surface area contributed by atoms with Crippen LogP contribution in [-0.4, -0.2) is 88.4 Å². The van der Waals surface area contributed by atoms with Crippen LogP contribution in [0.4, 0.5) is 11.4 Å². The highest BCUT2D eigenvalue weighted by atomic mass is 32.2. The molecule has 1 aromatic carbocycles. The van der Waals surface area contributed by atoms with Crippen molar-refractivity contribution in [2.45, 2.75) is 17.0 Å². The van der Waals surface area contributed by atoms with Gasteiger partial charge < -0.3 is 20.9 Å². The van der Waals surface area contributed by atoms with Gasteiger partial charge in [-0.25, -0.2) is 0 Å². The maximum atomic E-state index is 13.2. The number of benzene rings is 1. The monoisotopic (exact) mass is 527 g/mol. The van der Waals surface area contributed by atoms with Crippen molar-refractivity contribution in [1.82, 2.24) is 15.1 Å². The summed E-state index contributed by atoms with van der Waals surface area (Å²) in [5, 5.41) is 26.7.